The maximum Gasteiger partial charge on any atom is 0.262 e. The van der Waals surface area contributed by atoms with Gasteiger partial charge in [0.15, 0.2) is 0 Å². The number of para-hydroxylation sites is 1. The van der Waals surface area contributed by atoms with Gasteiger partial charge >= 0.3 is 0 Å². The highest BCUT2D eigenvalue weighted by molar-refractivity contribution is 7.89. The minimum atomic E-state index is -4.06. The number of fused-ring (bicyclic) bond motifs is 1. The number of benzene rings is 3. The Hall–Kier alpha value is -2.94. The fraction of sp³-hybridized carbons (Fsp3) is 0.261. The molecule has 0 heterocycles. The molecule has 0 saturated carbocycles. The van der Waals surface area contributed by atoms with Crippen LogP contribution in [0.25, 0.3) is 10.8 Å². The second kappa shape index (κ2) is 9.91. The van der Waals surface area contributed by atoms with Gasteiger partial charge in [0.25, 0.3) is 5.91 Å². The summed E-state index contributed by atoms with van der Waals surface area (Å²) in [5.41, 5.74) is 1.60. The van der Waals surface area contributed by atoms with E-state index in [-0.39, 0.29) is 24.0 Å². The summed E-state index contributed by atoms with van der Waals surface area (Å²) in [7, 11) is -4.06. The van der Waals surface area contributed by atoms with Gasteiger partial charge in [-0.2, -0.15) is 4.31 Å². The van der Waals surface area contributed by atoms with Crippen molar-refractivity contribution in [1.29, 1.82) is 0 Å². The van der Waals surface area contributed by atoms with E-state index in [1.807, 2.05) is 42.5 Å². The number of ether oxygens (including phenoxy) is 1. The van der Waals surface area contributed by atoms with Crippen molar-refractivity contribution in [2.75, 3.05) is 13.2 Å². The van der Waals surface area contributed by atoms with E-state index in [4.69, 9.17) is 4.74 Å². The van der Waals surface area contributed by atoms with Crippen molar-refractivity contribution in [2.24, 2.45) is 5.92 Å². The quantitative estimate of drug-likeness (QED) is 0.391. The highest BCUT2D eigenvalue weighted by Crippen LogP contribution is 2.25. The summed E-state index contributed by atoms with van der Waals surface area (Å²) >= 11 is 0. The van der Waals surface area contributed by atoms with Gasteiger partial charge in [0.1, 0.15) is 18.4 Å². The normalized spacial score (nSPS) is 12.8. The third-order valence-electron chi connectivity index (χ3n) is 4.97. The van der Waals surface area contributed by atoms with Gasteiger partial charge < -0.3 is 4.74 Å². The molecule has 31 heavy (non-hydrogen) atoms. The molecule has 0 saturated heterocycles. The highest BCUT2D eigenvalue weighted by Gasteiger charge is 2.37. The fourth-order valence-electron chi connectivity index (χ4n) is 3.47. The monoisotopic (exact) mass is 442 g/mol. The summed E-state index contributed by atoms with van der Waals surface area (Å²) in [6.07, 6.45) is 0. The van der Waals surface area contributed by atoms with Crippen LogP contribution in [0.5, 0.6) is 5.75 Å². The number of carbonyl (C=O) groups excluding carboxylic acids is 1. The predicted octanol–water partition coefficient (Wildman–Crippen LogP) is 3.44. The summed E-state index contributed by atoms with van der Waals surface area (Å²) in [5, 5.41) is 10.9. The Morgan fingerprint density at radius 3 is 2.29 bits per heavy atom. The lowest BCUT2D eigenvalue weighted by Crippen LogP contribution is -2.52. The van der Waals surface area contributed by atoms with Crippen molar-refractivity contribution in [2.45, 2.75) is 24.8 Å². The van der Waals surface area contributed by atoms with Gasteiger partial charge in [0.2, 0.25) is 10.0 Å². The van der Waals surface area contributed by atoms with Crippen LogP contribution in [0.15, 0.2) is 77.7 Å². The van der Waals surface area contributed by atoms with Crippen LogP contribution in [0.1, 0.15) is 13.8 Å². The molecule has 0 fully saturated rings. The fourth-order valence-corrected chi connectivity index (χ4v) is 5.21. The number of rotatable bonds is 9. The smallest absolute Gasteiger partial charge is 0.262 e. The Morgan fingerprint density at radius 1 is 1.00 bits per heavy atom. The SMILES string of the molecule is CC(C)[C@H](C(=O)NO)N(CCOc1ccccc1)S(=O)(=O)c1ccc2ccccc2c1. The lowest BCUT2D eigenvalue weighted by molar-refractivity contribution is -0.134. The van der Waals surface area contributed by atoms with Crippen LogP contribution in [0.2, 0.25) is 0 Å². The van der Waals surface area contributed by atoms with E-state index in [1.54, 1.807) is 43.6 Å². The summed E-state index contributed by atoms with van der Waals surface area (Å²) in [6, 6.07) is 20.2. The molecule has 0 spiro atoms. The number of hydroxylamine groups is 1. The number of nitrogens with zero attached hydrogens (tertiary/aromatic N) is 1. The third kappa shape index (κ3) is 5.22. The van der Waals surface area contributed by atoms with Gasteiger partial charge in [-0.05, 0) is 41.0 Å². The first-order valence-corrected chi connectivity index (χ1v) is 11.4. The summed E-state index contributed by atoms with van der Waals surface area (Å²) in [5.74, 6) is -0.587. The Labute approximate surface area is 182 Å². The summed E-state index contributed by atoms with van der Waals surface area (Å²) < 4.78 is 34.0. The van der Waals surface area contributed by atoms with Crippen LogP contribution < -0.4 is 10.2 Å². The second-order valence-electron chi connectivity index (χ2n) is 7.45. The first-order chi connectivity index (χ1) is 14.8. The van der Waals surface area contributed by atoms with E-state index in [0.29, 0.717) is 5.75 Å². The van der Waals surface area contributed by atoms with Crippen LogP contribution in [0, 0.1) is 5.92 Å². The Balaban J connectivity index is 1.96. The second-order valence-corrected chi connectivity index (χ2v) is 9.34. The van der Waals surface area contributed by atoms with Gasteiger partial charge in [-0.15, -0.1) is 0 Å². The first-order valence-electron chi connectivity index (χ1n) is 9.97. The molecule has 0 radical (unpaired) electrons. The minimum absolute atomic E-state index is 0.0404. The van der Waals surface area contributed by atoms with Crippen LogP contribution in [-0.2, 0) is 14.8 Å². The number of sulfonamides is 1. The maximum absolute atomic E-state index is 13.6. The van der Waals surface area contributed by atoms with Gasteiger partial charge in [0.05, 0.1) is 4.90 Å². The average molecular weight is 443 g/mol. The molecule has 3 aromatic rings. The van der Waals surface area contributed by atoms with Crippen molar-refractivity contribution < 1.29 is 23.2 Å². The Kier molecular flexibility index (Phi) is 7.27. The van der Waals surface area contributed by atoms with Crippen molar-refractivity contribution in [3.8, 4) is 5.75 Å². The number of amides is 1. The van der Waals surface area contributed by atoms with E-state index in [0.717, 1.165) is 15.1 Å². The molecule has 2 N–H and O–H groups in total. The third-order valence-corrected chi connectivity index (χ3v) is 6.85. The number of nitrogens with one attached hydrogen (secondary N) is 1. The zero-order valence-electron chi connectivity index (χ0n) is 17.4. The van der Waals surface area contributed by atoms with Crippen LogP contribution >= 0.6 is 0 Å². The molecule has 7 nitrogen and oxygen atoms in total. The van der Waals surface area contributed by atoms with E-state index < -0.39 is 22.0 Å². The lowest BCUT2D eigenvalue weighted by atomic mass is 10.0. The van der Waals surface area contributed by atoms with E-state index in [2.05, 4.69) is 0 Å². The molecule has 0 bridgehead atoms. The van der Waals surface area contributed by atoms with E-state index in [9.17, 15) is 18.4 Å². The van der Waals surface area contributed by atoms with Crippen LogP contribution in [0.4, 0.5) is 0 Å². The maximum atomic E-state index is 13.6. The molecule has 0 aromatic heterocycles. The van der Waals surface area contributed by atoms with E-state index >= 15 is 0 Å². The standard InChI is InChI=1S/C23H26N2O5S/c1-17(2)22(23(26)24-27)25(14-15-30-20-10-4-3-5-11-20)31(28,29)21-13-12-18-8-6-7-9-19(18)16-21/h3-13,16-17,22,27H,14-15H2,1-2H3,(H,24,26)/t22-/m1/s1. The largest absolute Gasteiger partial charge is 0.492 e. The number of hydrogen-bond acceptors (Lipinski definition) is 5. The molecule has 0 aliphatic carbocycles. The van der Waals surface area contributed by atoms with Crippen molar-refractivity contribution >= 4 is 26.7 Å². The van der Waals surface area contributed by atoms with Crippen molar-refractivity contribution in [3.05, 3.63) is 72.8 Å². The van der Waals surface area contributed by atoms with Gasteiger partial charge in [-0.25, -0.2) is 13.9 Å². The van der Waals surface area contributed by atoms with E-state index in [1.165, 1.54) is 6.07 Å². The average Bonchev–Trinajstić information content (AvgIpc) is 2.78. The summed E-state index contributed by atoms with van der Waals surface area (Å²) in [4.78, 5) is 12.5. The molecule has 0 aliphatic heterocycles. The van der Waals surface area contributed by atoms with Crippen molar-refractivity contribution in [3.63, 3.8) is 0 Å². The van der Waals surface area contributed by atoms with Gasteiger partial charge in [0, 0.05) is 6.54 Å². The highest BCUT2D eigenvalue weighted by atomic mass is 32.2. The Morgan fingerprint density at radius 2 is 1.65 bits per heavy atom. The Bertz CT molecular complexity index is 1130. The minimum Gasteiger partial charge on any atom is -0.492 e. The molecule has 1 atom stereocenters. The zero-order chi connectivity index (χ0) is 22.4. The predicted molar refractivity (Wildman–Crippen MR) is 118 cm³/mol. The van der Waals surface area contributed by atoms with Crippen LogP contribution in [-0.4, -0.2) is 43.0 Å². The number of hydrogen-bond donors (Lipinski definition) is 2. The number of carbonyl (C=O) groups is 1. The molecular weight excluding hydrogens is 416 g/mol. The van der Waals surface area contributed by atoms with Crippen LogP contribution in [0.3, 0.4) is 0 Å². The van der Waals surface area contributed by atoms with Gasteiger partial charge in [-0.3, -0.25) is 10.0 Å². The lowest BCUT2D eigenvalue weighted by Gasteiger charge is -2.31. The van der Waals surface area contributed by atoms with Gasteiger partial charge in [-0.1, -0.05) is 62.4 Å². The molecule has 3 rings (SSSR count). The molecule has 164 valence electrons. The molecule has 1 amide bonds. The first kappa shape index (κ1) is 22.7. The van der Waals surface area contributed by atoms with Crippen molar-refractivity contribution in [1.82, 2.24) is 9.79 Å². The molecule has 0 unspecified atom stereocenters. The molecule has 3 aromatic carbocycles. The zero-order valence-corrected chi connectivity index (χ0v) is 18.2. The summed E-state index contributed by atoms with van der Waals surface area (Å²) in [6.45, 7) is 3.42. The molecular formula is C23H26N2O5S. The topological polar surface area (TPSA) is 95.9 Å². The molecule has 8 heteroatoms. The molecule has 0 aliphatic rings.